The average Bonchev–Trinajstić information content (AvgIpc) is 2.45. The molecular weight excluding hydrogens is 339 g/mol. The molecule has 1 N–H and O–H groups in total. The molecule has 0 fully saturated rings. The van der Waals surface area contributed by atoms with Gasteiger partial charge in [0.2, 0.25) is 0 Å². The Kier molecular flexibility index (Phi) is 4.16. The predicted molar refractivity (Wildman–Crippen MR) is 74.1 cm³/mol. The minimum atomic E-state index is -4.61. The molecule has 2 heterocycles. The highest BCUT2D eigenvalue weighted by Gasteiger charge is 2.32. The molecule has 0 spiro atoms. The number of H-pyrrole nitrogens is 1. The van der Waals surface area contributed by atoms with Gasteiger partial charge in [-0.3, -0.25) is 14.8 Å². The number of alkyl halides is 3. The monoisotopic (exact) mass is 345 g/mol. The van der Waals surface area contributed by atoms with E-state index in [1.807, 2.05) is 4.98 Å². The standard InChI is InChI=1S/C12H7ClF3N5O2/c1-20(21-5-6(3-17)10(22)19-11(21)23)9-8(13)2-7(4-18-9)12(14,15)16/h2,4-5H,1H3,(H,19,22,23). The van der Waals surface area contributed by atoms with E-state index in [1.54, 1.807) is 6.07 Å². The lowest BCUT2D eigenvalue weighted by Gasteiger charge is -2.21. The highest BCUT2D eigenvalue weighted by Crippen LogP contribution is 2.33. The van der Waals surface area contributed by atoms with E-state index in [0.717, 1.165) is 15.9 Å². The van der Waals surface area contributed by atoms with Crippen molar-refractivity contribution in [1.29, 1.82) is 5.26 Å². The Morgan fingerprint density at radius 1 is 1.43 bits per heavy atom. The van der Waals surface area contributed by atoms with Crippen LogP contribution in [0.5, 0.6) is 0 Å². The molecule has 0 saturated heterocycles. The van der Waals surface area contributed by atoms with Gasteiger partial charge < -0.3 is 0 Å². The van der Waals surface area contributed by atoms with Crippen LogP contribution >= 0.6 is 11.6 Å². The number of aromatic nitrogens is 3. The van der Waals surface area contributed by atoms with Crippen LogP contribution in [0.4, 0.5) is 19.0 Å². The first-order valence-corrected chi connectivity index (χ1v) is 6.25. The van der Waals surface area contributed by atoms with Crippen LogP contribution in [-0.2, 0) is 6.18 Å². The zero-order valence-electron chi connectivity index (χ0n) is 11.3. The number of halogens is 4. The van der Waals surface area contributed by atoms with E-state index in [1.165, 1.54) is 7.05 Å². The molecular formula is C12H7ClF3N5O2. The summed E-state index contributed by atoms with van der Waals surface area (Å²) in [6.45, 7) is 0. The van der Waals surface area contributed by atoms with Crippen LogP contribution in [0.15, 0.2) is 28.0 Å². The second-order valence-corrected chi connectivity index (χ2v) is 4.72. The lowest BCUT2D eigenvalue weighted by Crippen LogP contribution is -2.41. The molecule has 23 heavy (non-hydrogen) atoms. The lowest BCUT2D eigenvalue weighted by atomic mass is 10.3. The zero-order chi connectivity index (χ0) is 17.4. The Bertz CT molecular complexity index is 913. The summed E-state index contributed by atoms with van der Waals surface area (Å²) in [6.07, 6.45) is -3.13. The van der Waals surface area contributed by atoms with Gasteiger partial charge in [0.25, 0.3) is 5.56 Å². The largest absolute Gasteiger partial charge is 0.417 e. The van der Waals surface area contributed by atoms with Gasteiger partial charge in [0.05, 0.1) is 16.8 Å². The molecule has 0 amide bonds. The van der Waals surface area contributed by atoms with Gasteiger partial charge in [0.15, 0.2) is 5.82 Å². The van der Waals surface area contributed by atoms with Crippen molar-refractivity contribution in [2.75, 3.05) is 12.1 Å². The van der Waals surface area contributed by atoms with E-state index in [0.29, 0.717) is 12.3 Å². The van der Waals surface area contributed by atoms with Crippen molar-refractivity contribution in [3.63, 3.8) is 0 Å². The second-order valence-electron chi connectivity index (χ2n) is 4.31. The van der Waals surface area contributed by atoms with Gasteiger partial charge in [-0.25, -0.2) is 14.5 Å². The van der Waals surface area contributed by atoms with Crippen LogP contribution in [0, 0.1) is 11.3 Å². The third kappa shape index (κ3) is 3.19. The molecule has 0 aromatic carbocycles. The van der Waals surface area contributed by atoms with Crippen LogP contribution in [-0.4, -0.2) is 21.7 Å². The Balaban J connectivity index is 2.54. The van der Waals surface area contributed by atoms with Gasteiger partial charge in [0.1, 0.15) is 11.6 Å². The maximum absolute atomic E-state index is 12.6. The molecule has 2 rings (SSSR count). The molecule has 11 heteroatoms. The zero-order valence-corrected chi connectivity index (χ0v) is 12.1. The molecule has 0 bridgehead atoms. The average molecular weight is 346 g/mol. The summed E-state index contributed by atoms with van der Waals surface area (Å²) in [5.74, 6) is -0.169. The summed E-state index contributed by atoms with van der Waals surface area (Å²) in [5.41, 5.74) is -3.20. The van der Waals surface area contributed by atoms with E-state index in [9.17, 15) is 22.8 Å². The maximum atomic E-state index is 12.6. The van der Waals surface area contributed by atoms with Crippen LogP contribution in [0.2, 0.25) is 5.02 Å². The quantitative estimate of drug-likeness (QED) is 0.887. The molecule has 2 aromatic rings. The first-order chi connectivity index (χ1) is 10.6. The Morgan fingerprint density at radius 3 is 2.61 bits per heavy atom. The number of anilines is 1. The first-order valence-electron chi connectivity index (χ1n) is 5.88. The second kappa shape index (κ2) is 5.77. The highest BCUT2D eigenvalue weighted by atomic mass is 35.5. The Labute approximate surface area is 131 Å². The Hall–Kier alpha value is -2.80. The van der Waals surface area contributed by atoms with Gasteiger partial charge in [-0.1, -0.05) is 11.6 Å². The number of nitrogens with zero attached hydrogens (tertiary/aromatic N) is 4. The summed E-state index contributed by atoms with van der Waals surface area (Å²) in [7, 11) is 1.28. The van der Waals surface area contributed by atoms with Gasteiger partial charge in [-0.15, -0.1) is 0 Å². The SMILES string of the molecule is CN(c1ncc(C(F)(F)F)cc1Cl)n1cc(C#N)c(=O)[nH]c1=O. The maximum Gasteiger partial charge on any atom is 0.417 e. The van der Waals surface area contributed by atoms with Gasteiger partial charge in [-0.2, -0.15) is 18.4 Å². The van der Waals surface area contributed by atoms with Crippen LogP contribution in [0.3, 0.4) is 0 Å². The van der Waals surface area contributed by atoms with E-state index < -0.39 is 23.0 Å². The number of pyridine rings is 1. The summed E-state index contributed by atoms with van der Waals surface area (Å²) >= 11 is 5.78. The minimum absolute atomic E-state index is 0.169. The summed E-state index contributed by atoms with van der Waals surface area (Å²) in [4.78, 5) is 28.6. The fourth-order valence-corrected chi connectivity index (χ4v) is 1.98. The van der Waals surface area contributed by atoms with Crippen molar-refractivity contribution >= 4 is 17.4 Å². The number of aromatic amines is 1. The van der Waals surface area contributed by atoms with E-state index in [4.69, 9.17) is 16.9 Å². The van der Waals surface area contributed by atoms with Crippen molar-refractivity contribution in [1.82, 2.24) is 14.6 Å². The minimum Gasteiger partial charge on any atom is -0.271 e. The number of nitriles is 1. The predicted octanol–water partition coefficient (Wildman–Crippen LogP) is 1.37. The van der Waals surface area contributed by atoms with E-state index in [-0.39, 0.29) is 16.4 Å². The third-order valence-corrected chi connectivity index (χ3v) is 3.10. The molecule has 7 nitrogen and oxygen atoms in total. The molecule has 0 atom stereocenters. The van der Waals surface area contributed by atoms with Crippen LogP contribution in [0.25, 0.3) is 0 Å². The molecule has 0 unspecified atom stereocenters. The number of hydrogen-bond acceptors (Lipinski definition) is 5. The fourth-order valence-electron chi connectivity index (χ4n) is 1.69. The third-order valence-electron chi connectivity index (χ3n) is 2.82. The number of nitrogens with one attached hydrogen (secondary N) is 1. The van der Waals surface area contributed by atoms with Crippen molar-refractivity contribution in [2.45, 2.75) is 6.18 Å². The van der Waals surface area contributed by atoms with Gasteiger partial charge in [0, 0.05) is 13.2 Å². The van der Waals surface area contributed by atoms with E-state index >= 15 is 0 Å². The fraction of sp³-hybridized carbons (Fsp3) is 0.167. The molecule has 120 valence electrons. The summed E-state index contributed by atoms with van der Waals surface area (Å²) in [5, 5.41) is 9.44. The van der Waals surface area contributed by atoms with Gasteiger partial charge >= 0.3 is 11.9 Å². The van der Waals surface area contributed by atoms with Crippen molar-refractivity contribution in [2.24, 2.45) is 0 Å². The lowest BCUT2D eigenvalue weighted by molar-refractivity contribution is -0.137. The summed E-state index contributed by atoms with van der Waals surface area (Å²) < 4.78 is 38.6. The molecule has 0 aliphatic heterocycles. The molecule has 2 aromatic heterocycles. The van der Waals surface area contributed by atoms with Crippen LogP contribution in [0.1, 0.15) is 11.1 Å². The normalized spacial score (nSPS) is 11.1. The Morgan fingerprint density at radius 2 is 2.09 bits per heavy atom. The van der Waals surface area contributed by atoms with Gasteiger partial charge in [-0.05, 0) is 6.07 Å². The molecule has 0 saturated carbocycles. The number of rotatable bonds is 2. The van der Waals surface area contributed by atoms with Crippen LogP contribution < -0.4 is 16.3 Å². The smallest absolute Gasteiger partial charge is 0.271 e. The molecule has 0 aliphatic carbocycles. The topological polar surface area (TPSA) is 94.8 Å². The van der Waals surface area contributed by atoms with Crippen molar-refractivity contribution in [3.8, 4) is 6.07 Å². The number of hydrogen-bond donors (Lipinski definition) is 1. The molecule has 0 radical (unpaired) electrons. The first kappa shape index (κ1) is 16.6. The van der Waals surface area contributed by atoms with Crippen molar-refractivity contribution < 1.29 is 13.2 Å². The molecule has 0 aliphatic rings. The highest BCUT2D eigenvalue weighted by molar-refractivity contribution is 6.33. The summed E-state index contributed by atoms with van der Waals surface area (Å²) in [6, 6.07) is 2.24. The van der Waals surface area contributed by atoms with E-state index in [2.05, 4.69) is 4.98 Å². The van der Waals surface area contributed by atoms with Crippen molar-refractivity contribution in [3.05, 3.63) is 55.4 Å².